The molecule has 0 aromatic carbocycles. The lowest BCUT2D eigenvalue weighted by Crippen LogP contribution is -2.52. The van der Waals surface area contributed by atoms with Crippen LogP contribution in [-0.4, -0.2) is 17.3 Å². The molecule has 0 heterocycles. The highest BCUT2D eigenvalue weighted by Crippen LogP contribution is 2.63. The van der Waals surface area contributed by atoms with E-state index in [1.165, 1.54) is 64.2 Å². The number of carbonyl (C=O) groups excluding carboxylic acids is 3. The molecule has 5 fully saturated rings. The molecule has 0 saturated heterocycles. The molecule has 4 bridgehead atoms. The summed E-state index contributed by atoms with van der Waals surface area (Å²) in [5, 5.41) is 0. The van der Waals surface area contributed by atoms with Gasteiger partial charge in [0.1, 0.15) is 17.3 Å². The van der Waals surface area contributed by atoms with Crippen LogP contribution in [-0.2, 0) is 14.4 Å². The van der Waals surface area contributed by atoms with Crippen molar-refractivity contribution in [2.45, 2.75) is 220 Å². The molecule has 1 unspecified atom stereocenters. The molecule has 49 heavy (non-hydrogen) atoms. The van der Waals surface area contributed by atoms with Crippen LogP contribution in [0, 0.1) is 56.7 Å². The first kappa shape index (κ1) is 48.0. The summed E-state index contributed by atoms with van der Waals surface area (Å²) in [7, 11) is 0. The average molecular weight is 689 g/mol. The van der Waals surface area contributed by atoms with E-state index in [1.807, 2.05) is 41.5 Å². The SMILES string of the molecule is CC.CC.CCC(C)(C)C(=O)CC(C)(C)C.CCC(C)(C)C(=O)CC1(C)CCCCC1.CCC(C)C(=O)CC1(C)C2CC3CC(C2)CC1C3. The zero-order valence-electron chi connectivity index (χ0n) is 36.4. The summed E-state index contributed by atoms with van der Waals surface area (Å²) in [5.41, 5.74) is 0.549. The van der Waals surface area contributed by atoms with Crippen molar-refractivity contribution in [2.24, 2.45) is 56.7 Å². The summed E-state index contributed by atoms with van der Waals surface area (Å²) < 4.78 is 0. The second-order valence-electron chi connectivity index (χ2n) is 19.4. The minimum absolute atomic E-state index is 0.111. The number of ketones is 3. The fourth-order valence-corrected chi connectivity index (χ4v) is 8.65. The minimum atomic E-state index is -0.132. The molecule has 0 aliphatic heterocycles. The van der Waals surface area contributed by atoms with Gasteiger partial charge in [-0.3, -0.25) is 14.4 Å². The molecule has 5 rings (SSSR count). The van der Waals surface area contributed by atoms with E-state index in [2.05, 4.69) is 76.2 Å². The summed E-state index contributed by atoms with van der Waals surface area (Å²) in [6.07, 6.45) is 19.0. The van der Waals surface area contributed by atoms with Gasteiger partial charge in [-0.05, 0) is 104 Å². The highest BCUT2D eigenvalue weighted by Gasteiger charge is 2.55. The molecule has 290 valence electrons. The number of carbonyl (C=O) groups is 3. The fourth-order valence-electron chi connectivity index (χ4n) is 8.65. The Morgan fingerprint density at radius 1 is 0.633 bits per heavy atom. The Bertz CT molecular complexity index is 943. The number of hydrogen-bond donors (Lipinski definition) is 0. The van der Waals surface area contributed by atoms with Crippen LogP contribution < -0.4 is 0 Å². The van der Waals surface area contributed by atoms with Crippen molar-refractivity contribution in [3.8, 4) is 0 Å². The predicted molar refractivity (Wildman–Crippen MR) is 215 cm³/mol. The molecule has 3 nitrogen and oxygen atoms in total. The van der Waals surface area contributed by atoms with Crippen LogP contribution in [0.4, 0.5) is 0 Å². The first-order valence-corrected chi connectivity index (χ1v) is 21.2. The van der Waals surface area contributed by atoms with Crippen molar-refractivity contribution in [1.82, 2.24) is 0 Å². The van der Waals surface area contributed by atoms with Crippen LogP contribution in [0.3, 0.4) is 0 Å². The van der Waals surface area contributed by atoms with Crippen molar-refractivity contribution in [1.29, 1.82) is 0 Å². The Kier molecular flexibility index (Phi) is 20.5. The van der Waals surface area contributed by atoms with Crippen LogP contribution >= 0.6 is 0 Å². The van der Waals surface area contributed by atoms with E-state index in [-0.39, 0.29) is 22.2 Å². The van der Waals surface area contributed by atoms with Gasteiger partial charge in [0.25, 0.3) is 0 Å². The molecule has 0 N–H and O–H groups in total. The molecule has 0 aromatic rings. The molecule has 5 aliphatic rings. The highest BCUT2D eigenvalue weighted by molar-refractivity contribution is 5.85. The van der Waals surface area contributed by atoms with Crippen LogP contribution in [0.2, 0.25) is 0 Å². The lowest BCUT2D eigenvalue weighted by Gasteiger charge is -2.60. The standard InChI is InChI=1S/C17H28O.C14H26O.C11H22O.2C2H6/c1-4-11(2)16(18)10-17(3)14-6-12-5-13(8-14)9-15(17)7-12;1-5-13(2,3)12(15)11-14(4)9-7-6-8-10-14;1-7-11(5,6)9(12)8-10(2,3)4;2*1-2/h11-15H,4-10H2,1-3H3;5-11H2,1-4H3;7-8H2,1-6H3;2*1-2H3. The maximum Gasteiger partial charge on any atom is 0.139 e. The largest absolute Gasteiger partial charge is 0.299 e. The summed E-state index contributed by atoms with van der Waals surface area (Å²) >= 11 is 0. The average Bonchev–Trinajstić information content (AvgIpc) is 3.04. The van der Waals surface area contributed by atoms with Crippen molar-refractivity contribution in [3.63, 3.8) is 0 Å². The third kappa shape index (κ3) is 14.9. The van der Waals surface area contributed by atoms with E-state index in [0.717, 1.165) is 55.8 Å². The molecule has 1 atom stereocenters. The maximum absolute atomic E-state index is 12.4. The van der Waals surface area contributed by atoms with E-state index in [0.29, 0.717) is 34.6 Å². The molecular formula is C46H88O3. The van der Waals surface area contributed by atoms with Gasteiger partial charge in [0.15, 0.2) is 0 Å². The zero-order valence-corrected chi connectivity index (χ0v) is 36.4. The number of hydrogen-bond acceptors (Lipinski definition) is 3. The van der Waals surface area contributed by atoms with Gasteiger partial charge in [0, 0.05) is 36.0 Å². The lowest BCUT2D eigenvalue weighted by molar-refractivity contribution is -0.138. The Balaban J connectivity index is 0.000000685. The molecule has 5 aliphatic carbocycles. The minimum Gasteiger partial charge on any atom is -0.299 e. The highest BCUT2D eigenvalue weighted by atomic mass is 16.1. The van der Waals surface area contributed by atoms with Crippen LogP contribution in [0.25, 0.3) is 0 Å². The van der Waals surface area contributed by atoms with Gasteiger partial charge in [0.05, 0.1) is 0 Å². The summed E-state index contributed by atoms with van der Waals surface area (Å²) in [6.45, 7) is 35.7. The molecule has 5 saturated carbocycles. The second-order valence-corrected chi connectivity index (χ2v) is 19.4. The van der Waals surface area contributed by atoms with Gasteiger partial charge in [0.2, 0.25) is 0 Å². The van der Waals surface area contributed by atoms with Crippen LogP contribution in [0.1, 0.15) is 220 Å². The molecule has 3 heteroatoms. The summed E-state index contributed by atoms with van der Waals surface area (Å²) in [4.78, 5) is 36.3. The van der Waals surface area contributed by atoms with Crippen LogP contribution in [0.5, 0.6) is 0 Å². The normalized spacial score (nSPS) is 27.4. The van der Waals surface area contributed by atoms with Gasteiger partial charge in [-0.2, -0.15) is 0 Å². The second kappa shape index (κ2) is 20.9. The Labute approximate surface area is 308 Å². The third-order valence-electron chi connectivity index (χ3n) is 13.3. The molecular weight excluding hydrogens is 601 g/mol. The van der Waals surface area contributed by atoms with Gasteiger partial charge >= 0.3 is 0 Å². The smallest absolute Gasteiger partial charge is 0.139 e. The molecule has 0 spiro atoms. The number of Topliss-reactive ketones (excluding diaryl/α,β-unsaturated/α-hetero) is 3. The summed E-state index contributed by atoms with van der Waals surface area (Å²) in [5.74, 6) is 5.42. The van der Waals surface area contributed by atoms with E-state index < -0.39 is 0 Å². The van der Waals surface area contributed by atoms with Gasteiger partial charge < -0.3 is 0 Å². The first-order valence-electron chi connectivity index (χ1n) is 21.2. The van der Waals surface area contributed by atoms with E-state index in [1.54, 1.807) is 0 Å². The Hall–Kier alpha value is -0.990. The molecule has 0 radical (unpaired) electrons. The summed E-state index contributed by atoms with van der Waals surface area (Å²) in [6, 6.07) is 0. The van der Waals surface area contributed by atoms with E-state index >= 15 is 0 Å². The monoisotopic (exact) mass is 689 g/mol. The van der Waals surface area contributed by atoms with Gasteiger partial charge in [-0.25, -0.2) is 0 Å². The molecule has 0 amide bonds. The first-order chi connectivity index (χ1) is 22.6. The third-order valence-corrected chi connectivity index (χ3v) is 13.3. The lowest BCUT2D eigenvalue weighted by atomic mass is 9.45. The predicted octanol–water partition coefficient (Wildman–Crippen LogP) is 14.3. The maximum atomic E-state index is 12.4. The quantitative estimate of drug-likeness (QED) is 0.217. The zero-order chi connectivity index (χ0) is 38.4. The topological polar surface area (TPSA) is 51.2 Å². The Morgan fingerprint density at radius 2 is 1.04 bits per heavy atom. The molecule has 0 aromatic heterocycles. The van der Waals surface area contributed by atoms with Gasteiger partial charge in [-0.15, -0.1) is 0 Å². The van der Waals surface area contributed by atoms with E-state index in [9.17, 15) is 14.4 Å². The van der Waals surface area contributed by atoms with Crippen LogP contribution in [0.15, 0.2) is 0 Å². The Morgan fingerprint density at radius 3 is 1.41 bits per heavy atom. The fraction of sp³-hybridized carbons (Fsp3) is 0.935. The van der Waals surface area contributed by atoms with Crippen molar-refractivity contribution < 1.29 is 14.4 Å². The van der Waals surface area contributed by atoms with Gasteiger partial charge in [-0.1, -0.05) is 137 Å². The van der Waals surface area contributed by atoms with E-state index in [4.69, 9.17) is 0 Å². The number of rotatable bonds is 11. The van der Waals surface area contributed by atoms with Crippen molar-refractivity contribution in [3.05, 3.63) is 0 Å². The van der Waals surface area contributed by atoms with Crippen molar-refractivity contribution in [2.75, 3.05) is 0 Å². The van der Waals surface area contributed by atoms with Crippen molar-refractivity contribution >= 4 is 17.3 Å².